The Kier molecular flexibility index (Phi) is 3.67. The van der Waals surface area contributed by atoms with Gasteiger partial charge in [0.05, 0.1) is 26.9 Å². The van der Waals surface area contributed by atoms with Crippen LogP contribution in [0.25, 0.3) is 0 Å². The first-order valence-corrected chi connectivity index (χ1v) is 10.1. The Morgan fingerprint density at radius 2 is 1.10 bits per heavy atom. The van der Waals surface area contributed by atoms with Crippen molar-refractivity contribution in [2.24, 2.45) is 0 Å². The largest absolute Gasteiger partial charge is 0.309 e. The third kappa shape index (κ3) is 2.40. The summed E-state index contributed by atoms with van der Waals surface area (Å²) in [7, 11) is 0. The molecule has 2 aliphatic heterocycles. The lowest BCUT2D eigenvalue weighted by Crippen LogP contribution is -2.38. The number of nitrogens with zero attached hydrogens (tertiary/aromatic N) is 3. The summed E-state index contributed by atoms with van der Waals surface area (Å²) < 4.78 is 0. The zero-order valence-corrected chi connectivity index (χ0v) is 17.7. The fraction of sp³-hybridized carbons (Fsp3) is 0.250. The van der Waals surface area contributed by atoms with Crippen LogP contribution in [0.5, 0.6) is 0 Å². The number of hydrogen-bond acceptors (Lipinski definition) is 5. The van der Waals surface area contributed by atoms with Crippen LogP contribution in [0.3, 0.4) is 0 Å². The van der Waals surface area contributed by atoms with Crippen molar-refractivity contribution >= 4 is 28.4 Å². The van der Waals surface area contributed by atoms with Crippen molar-refractivity contribution in [2.45, 2.75) is 38.5 Å². The van der Waals surface area contributed by atoms with Gasteiger partial charge in [-0.1, -0.05) is 45.9 Å². The summed E-state index contributed by atoms with van der Waals surface area (Å²) in [6.45, 7) is 8.34. The van der Waals surface area contributed by atoms with Crippen LogP contribution in [0.1, 0.15) is 49.9 Å². The van der Waals surface area contributed by atoms with Crippen LogP contribution in [-0.4, -0.2) is 9.85 Å². The van der Waals surface area contributed by atoms with Crippen LogP contribution >= 0.6 is 0 Å². The van der Waals surface area contributed by atoms with E-state index in [9.17, 15) is 20.2 Å². The van der Waals surface area contributed by atoms with E-state index in [1.165, 1.54) is 12.1 Å². The second-order valence-electron chi connectivity index (χ2n) is 9.20. The second kappa shape index (κ2) is 5.91. The first-order valence-electron chi connectivity index (χ1n) is 10.1. The lowest BCUT2D eigenvalue weighted by atomic mass is 9.66. The predicted molar refractivity (Wildman–Crippen MR) is 119 cm³/mol. The SMILES string of the molecule is CC1(C)c2cc([N+](=O)[O-])ccc2N2c3ccc([N+](=O)[O-])cc3C(C)(C)c3cccc1c32. The first kappa shape index (κ1) is 19.2. The van der Waals surface area contributed by atoms with Crippen LogP contribution in [0.15, 0.2) is 54.6 Å². The number of non-ortho nitro benzene ring substituents is 2. The molecule has 0 saturated heterocycles. The van der Waals surface area contributed by atoms with Gasteiger partial charge in [-0.2, -0.15) is 0 Å². The van der Waals surface area contributed by atoms with Crippen LogP contribution in [0.2, 0.25) is 0 Å². The Labute approximate surface area is 179 Å². The van der Waals surface area contributed by atoms with Crippen molar-refractivity contribution in [1.82, 2.24) is 0 Å². The van der Waals surface area contributed by atoms with Crippen molar-refractivity contribution in [3.63, 3.8) is 0 Å². The van der Waals surface area contributed by atoms with E-state index in [1.54, 1.807) is 24.3 Å². The van der Waals surface area contributed by atoms with Gasteiger partial charge in [-0.15, -0.1) is 0 Å². The van der Waals surface area contributed by atoms with Gasteiger partial charge in [-0.05, 0) is 34.4 Å². The van der Waals surface area contributed by atoms with Crippen LogP contribution < -0.4 is 4.90 Å². The molecule has 0 aliphatic carbocycles. The van der Waals surface area contributed by atoms with Gasteiger partial charge in [0.25, 0.3) is 11.4 Å². The summed E-state index contributed by atoms with van der Waals surface area (Å²) in [4.78, 5) is 24.3. The van der Waals surface area contributed by atoms with Gasteiger partial charge in [-0.25, -0.2) is 0 Å². The van der Waals surface area contributed by atoms with Crippen molar-refractivity contribution < 1.29 is 9.85 Å². The Hall–Kier alpha value is -3.74. The molecule has 2 aliphatic rings. The molecule has 7 nitrogen and oxygen atoms in total. The van der Waals surface area contributed by atoms with Gasteiger partial charge in [0.15, 0.2) is 0 Å². The topological polar surface area (TPSA) is 89.5 Å². The molecule has 0 atom stereocenters. The van der Waals surface area contributed by atoms with Crippen molar-refractivity contribution in [3.8, 4) is 0 Å². The van der Waals surface area contributed by atoms with Gasteiger partial charge in [0.1, 0.15) is 0 Å². The molecule has 156 valence electrons. The molecule has 31 heavy (non-hydrogen) atoms. The number of benzene rings is 3. The molecule has 2 heterocycles. The quantitative estimate of drug-likeness (QED) is 0.364. The molecule has 0 radical (unpaired) electrons. The third-order valence-electron chi connectivity index (χ3n) is 6.82. The molecule has 0 N–H and O–H groups in total. The summed E-state index contributed by atoms with van der Waals surface area (Å²) >= 11 is 0. The Morgan fingerprint density at radius 1 is 0.677 bits per heavy atom. The molecule has 5 rings (SSSR count). The third-order valence-corrected chi connectivity index (χ3v) is 6.82. The van der Waals surface area contributed by atoms with E-state index >= 15 is 0 Å². The lowest BCUT2D eigenvalue weighted by molar-refractivity contribution is -0.385. The lowest BCUT2D eigenvalue weighted by Gasteiger charge is -2.49. The molecule has 7 heteroatoms. The van der Waals surface area contributed by atoms with Crippen molar-refractivity contribution in [1.29, 1.82) is 0 Å². The summed E-state index contributed by atoms with van der Waals surface area (Å²) in [5.41, 5.74) is 5.86. The second-order valence-corrected chi connectivity index (χ2v) is 9.20. The standard InChI is InChI=1S/C24H21N3O4/c1-23(2)16-6-5-7-17-22(16)25(20-10-8-14(26(28)29)12-18(20)23)21-11-9-15(27(30)31)13-19(21)24(17,3)4/h5-13H,1-4H3. The van der Waals surface area contributed by atoms with Crippen molar-refractivity contribution in [3.05, 3.63) is 97.1 Å². The molecule has 0 saturated carbocycles. The fourth-order valence-electron chi connectivity index (χ4n) is 5.12. The number of fused-ring (bicyclic) bond motifs is 4. The number of para-hydroxylation sites is 1. The van der Waals surface area contributed by atoms with Gasteiger partial charge >= 0.3 is 0 Å². The maximum Gasteiger partial charge on any atom is 0.269 e. The van der Waals surface area contributed by atoms with E-state index in [-0.39, 0.29) is 21.2 Å². The molecular formula is C24H21N3O4. The number of hydrogen-bond donors (Lipinski definition) is 0. The van der Waals surface area contributed by atoms with Gasteiger partial charge < -0.3 is 4.90 Å². The highest BCUT2D eigenvalue weighted by Crippen LogP contribution is 2.60. The zero-order chi connectivity index (χ0) is 22.3. The van der Waals surface area contributed by atoms with Crippen molar-refractivity contribution in [2.75, 3.05) is 4.90 Å². The molecular weight excluding hydrogens is 394 g/mol. The van der Waals surface area contributed by atoms with E-state index in [0.717, 1.165) is 39.3 Å². The highest BCUT2D eigenvalue weighted by Gasteiger charge is 2.46. The minimum Gasteiger partial charge on any atom is -0.309 e. The number of anilines is 3. The number of rotatable bonds is 2. The van der Waals surface area contributed by atoms with E-state index in [1.807, 2.05) is 6.07 Å². The monoisotopic (exact) mass is 415 g/mol. The smallest absolute Gasteiger partial charge is 0.269 e. The average Bonchev–Trinajstić information content (AvgIpc) is 2.72. The minimum atomic E-state index is -0.447. The highest BCUT2D eigenvalue weighted by molar-refractivity contribution is 5.93. The Bertz CT molecular complexity index is 1210. The normalized spacial score (nSPS) is 16.7. The maximum atomic E-state index is 11.5. The zero-order valence-electron chi connectivity index (χ0n) is 17.7. The summed E-state index contributed by atoms with van der Waals surface area (Å²) in [6.07, 6.45) is 0. The van der Waals surface area contributed by atoms with Gasteiger partial charge in [-0.3, -0.25) is 20.2 Å². The van der Waals surface area contributed by atoms with E-state index < -0.39 is 10.8 Å². The van der Waals surface area contributed by atoms with E-state index in [0.29, 0.717) is 0 Å². The van der Waals surface area contributed by atoms with Gasteiger partial charge in [0, 0.05) is 35.1 Å². The Balaban J connectivity index is 1.90. The molecule has 0 aromatic heterocycles. The predicted octanol–water partition coefficient (Wildman–Crippen LogP) is 6.25. The molecule has 0 amide bonds. The summed E-state index contributed by atoms with van der Waals surface area (Å²) in [5.74, 6) is 0. The molecule has 0 spiro atoms. The molecule has 0 unspecified atom stereocenters. The van der Waals surface area contributed by atoms with E-state index in [2.05, 4.69) is 44.7 Å². The van der Waals surface area contributed by atoms with E-state index in [4.69, 9.17) is 0 Å². The molecule has 3 aromatic rings. The highest BCUT2D eigenvalue weighted by atomic mass is 16.6. The average molecular weight is 415 g/mol. The number of nitro groups is 2. The maximum absolute atomic E-state index is 11.5. The molecule has 0 fully saturated rings. The molecule has 3 aromatic carbocycles. The van der Waals surface area contributed by atoms with Gasteiger partial charge in [0.2, 0.25) is 0 Å². The van der Waals surface area contributed by atoms with Crippen LogP contribution in [-0.2, 0) is 10.8 Å². The Morgan fingerprint density at radius 3 is 1.48 bits per heavy atom. The van der Waals surface area contributed by atoms with Crippen LogP contribution in [0, 0.1) is 20.2 Å². The fourth-order valence-corrected chi connectivity index (χ4v) is 5.12. The minimum absolute atomic E-state index is 0.0488. The number of nitro benzene ring substituents is 2. The summed E-state index contributed by atoms with van der Waals surface area (Å²) in [6, 6.07) is 16.1. The van der Waals surface area contributed by atoms with Crippen LogP contribution in [0.4, 0.5) is 28.4 Å². The summed E-state index contributed by atoms with van der Waals surface area (Å²) in [5, 5.41) is 22.9. The first-order chi connectivity index (χ1) is 14.5. The molecule has 0 bridgehead atoms.